The van der Waals surface area contributed by atoms with Crippen LogP contribution in [0.1, 0.15) is 32.9 Å². The standard InChI is InChI=1S/C23H20N6O4/c1-12-14(9-24-19-18(12)25-13(2)26-19)6-7-23(21(31)27-22(32)28-23)11-29-10-15-4-5-16(33-3)8-17(15)20(29)30/h4-5,8-9H,10-11H2,1-3H3,(H,24,25,26)(H2,27,28,31,32)/t23-/m0/s1. The van der Waals surface area contributed by atoms with E-state index in [1.165, 1.54) is 12.0 Å². The van der Waals surface area contributed by atoms with E-state index in [0.717, 1.165) is 17.0 Å². The Labute approximate surface area is 188 Å². The van der Waals surface area contributed by atoms with Gasteiger partial charge < -0.3 is 19.9 Å². The number of ether oxygens (including phenoxy) is 1. The summed E-state index contributed by atoms with van der Waals surface area (Å²) in [5.74, 6) is 6.32. The fraction of sp³-hybridized carbons (Fsp3) is 0.261. The number of benzene rings is 1. The number of aryl methyl sites for hydroxylation is 2. The van der Waals surface area contributed by atoms with Gasteiger partial charge in [0.15, 0.2) is 5.65 Å². The number of hydrogen-bond acceptors (Lipinski definition) is 6. The molecule has 3 aromatic rings. The summed E-state index contributed by atoms with van der Waals surface area (Å²) in [5.41, 5.74) is 2.42. The number of amides is 4. The molecule has 10 heteroatoms. The van der Waals surface area contributed by atoms with Gasteiger partial charge in [0, 0.05) is 23.9 Å². The summed E-state index contributed by atoms with van der Waals surface area (Å²) < 4.78 is 5.21. The largest absolute Gasteiger partial charge is 0.497 e. The molecule has 0 spiro atoms. The molecule has 2 aromatic heterocycles. The predicted molar refractivity (Wildman–Crippen MR) is 117 cm³/mol. The van der Waals surface area contributed by atoms with Crippen LogP contribution in [0.5, 0.6) is 5.75 Å². The molecule has 3 N–H and O–H groups in total. The topological polar surface area (TPSA) is 129 Å². The van der Waals surface area contributed by atoms with E-state index in [1.807, 2.05) is 19.9 Å². The monoisotopic (exact) mass is 444 g/mol. The SMILES string of the molecule is COc1ccc2c(c1)C(=O)N(C[C@]1(C#Cc3cnc4[nH]c(C)nc4c3C)NC(=O)NC1=O)C2. The number of nitrogens with one attached hydrogen (secondary N) is 3. The fourth-order valence-corrected chi connectivity index (χ4v) is 4.10. The highest BCUT2D eigenvalue weighted by molar-refractivity contribution is 6.10. The molecule has 0 radical (unpaired) electrons. The van der Waals surface area contributed by atoms with Crippen molar-refractivity contribution >= 4 is 29.0 Å². The van der Waals surface area contributed by atoms with E-state index in [0.29, 0.717) is 34.6 Å². The van der Waals surface area contributed by atoms with E-state index in [1.54, 1.807) is 18.3 Å². The molecule has 2 aliphatic heterocycles. The molecule has 10 nitrogen and oxygen atoms in total. The summed E-state index contributed by atoms with van der Waals surface area (Å²) in [6.07, 6.45) is 1.59. The molecule has 1 atom stereocenters. The molecule has 4 amide bonds. The molecular weight excluding hydrogens is 424 g/mol. The molecule has 0 saturated carbocycles. The molecule has 2 aliphatic rings. The second-order valence-electron chi connectivity index (χ2n) is 8.06. The summed E-state index contributed by atoms with van der Waals surface area (Å²) >= 11 is 0. The molecule has 0 bridgehead atoms. The number of aromatic nitrogens is 3. The summed E-state index contributed by atoms with van der Waals surface area (Å²) in [6.45, 7) is 3.89. The highest BCUT2D eigenvalue weighted by Crippen LogP contribution is 2.28. The van der Waals surface area contributed by atoms with Crippen molar-refractivity contribution in [3.63, 3.8) is 0 Å². The van der Waals surface area contributed by atoms with Gasteiger partial charge in [-0.1, -0.05) is 17.9 Å². The lowest BCUT2D eigenvalue weighted by atomic mass is 9.98. The molecule has 1 aromatic carbocycles. The Balaban J connectivity index is 1.50. The molecule has 1 saturated heterocycles. The third kappa shape index (κ3) is 3.34. The van der Waals surface area contributed by atoms with Crippen LogP contribution in [0.2, 0.25) is 0 Å². The summed E-state index contributed by atoms with van der Waals surface area (Å²) in [5, 5.41) is 4.85. The van der Waals surface area contributed by atoms with Crippen LogP contribution >= 0.6 is 0 Å². The minimum absolute atomic E-state index is 0.108. The van der Waals surface area contributed by atoms with Crippen LogP contribution < -0.4 is 15.4 Å². The number of hydrogen-bond donors (Lipinski definition) is 3. The predicted octanol–water partition coefficient (Wildman–Crippen LogP) is 1.17. The second-order valence-corrected chi connectivity index (χ2v) is 8.06. The number of methoxy groups -OCH3 is 1. The number of imidazole rings is 1. The Morgan fingerprint density at radius 1 is 1.24 bits per heavy atom. The van der Waals surface area contributed by atoms with Crippen LogP contribution in [0.4, 0.5) is 4.79 Å². The molecular formula is C23H20N6O4. The normalized spacial score (nSPS) is 19.2. The van der Waals surface area contributed by atoms with Gasteiger partial charge in [-0.05, 0) is 37.1 Å². The zero-order valence-electron chi connectivity index (χ0n) is 18.2. The number of urea groups is 1. The van der Waals surface area contributed by atoms with E-state index in [4.69, 9.17) is 4.74 Å². The molecule has 0 unspecified atom stereocenters. The first-order valence-corrected chi connectivity index (χ1v) is 10.2. The number of carbonyl (C=O) groups excluding carboxylic acids is 3. The lowest BCUT2D eigenvalue weighted by Crippen LogP contribution is -2.54. The number of H-pyrrole nitrogens is 1. The highest BCUT2D eigenvalue weighted by atomic mass is 16.5. The van der Waals surface area contributed by atoms with Crippen molar-refractivity contribution in [2.75, 3.05) is 13.7 Å². The van der Waals surface area contributed by atoms with Crippen molar-refractivity contribution < 1.29 is 19.1 Å². The van der Waals surface area contributed by atoms with Crippen molar-refractivity contribution in [3.8, 4) is 17.6 Å². The van der Waals surface area contributed by atoms with E-state index in [9.17, 15) is 14.4 Å². The maximum Gasteiger partial charge on any atom is 0.323 e. The summed E-state index contributed by atoms with van der Waals surface area (Å²) in [6, 6.07) is 4.60. The first kappa shape index (κ1) is 20.5. The number of imide groups is 1. The first-order valence-electron chi connectivity index (χ1n) is 10.2. The van der Waals surface area contributed by atoms with Crippen LogP contribution in [0.3, 0.4) is 0 Å². The molecule has 4 heterocycles. The fourth-order valence-electron chi connectivity index (χ4n) is 4.10. The van der Waals surface area contributed by atoms with Crippen molar-refractivity contribution in [2.24, 2.45) is 0 Å². The molecule has 5 rings (SSSR count). The van der Waals surface area contributed by atoms with Gasteiger partial charge in [0.25, 0.3) is 11.8 Å². The minimum Gasteiger partial charge on any atom is -0.497 e. The number of pyridine rings is 1. The van der Waals surface area contributed by atoms with Gasteiger partial charge in [-0.25, -0.2) is 14.8 Å². The average molecular weight is 444 g/mol. The maximum atomic E-state index is 13.0. The van der Waals surface area contributed by atoms with Gasteiger partial charge in [0.05, 0.1) is 13.7 Å². The van der Waals surface area contributed by atoms with Gasteiger partial charge in [-0.3, -0.25) is 14.9 Å². The van der Waals surface area contributed by atoms with E-state index >= 15 is 0 Å². The summed E-state index contributed by atoms with van der Waals surface area (Å²) in [4.78, 5) is 51.2. The van der Waals surface area contributed by atoms with Crippen LogP contribution in [-0.2, 0) is 11.3 Å². The smallest absolute Gasteiger partial charge is 0.323 e. The van der Waals surface area contributed by atoms with Crippen molar-refractivity contribution in [2.45, 2.75) is 25.9 Å². The maximum absolute atomic E-state index is 13.0. The third-order valence-electron chi connectivity index (χ3n) is 5.86. The van der Waals surface area contributed by atoms with Gasteiger partial charge in [0.1, 0.15) is 17.1 Å². The molecule has 166 valence electrons. The minimum atomic E-state index is -1.60. The number of rotatable bonds is 3. The number of fused-ring (bicyclic) bond motifs is 2. The summed E-state index contributed by atoms with van der Waals surface area (Å²) in [7, 11) is 1.53. The zero-order valence-corrected chi connectivity index (χ0v) is 18.2. The van der Waals surface area contributed by atoms with Gasteiger partial charge in [-0.2, -0.15) is 0 Å². The Kier molecular flexibility index (Phi) is 4.56. The Morgan fingerprint density at radius 3 is 2.79 bits per heavy atom. The quantitative estimate of drug-likeness (QED) is 0.411. The van der Waals surface area contributed by atoms with Crippen molar-refractivity contribution in [1.82, 2.24) is 30.5 Å². The van der Waals surface area contributed by atoms with Crippen LogP contribution in [0.15, 0.2) is 24.4 Å². The lowest BCUT2D eigenvalue weighted by Gasteiger charge is -2.26. The number of carbonyl (C=O) groups is 3. The molecule has 1 fully saturated rings. The van der Waals surface area contributed by atoms with Gasteiger partial charge in [0.2, 0.25) is 5.54 Å². The van der Waals surface area contributed by atoms with Gasteiger partial charge >= 0.3 is 6.03 Å². The van der Waals surface area contributed by atoms with Crippen LogP contribution in [0, 0.1) is 25.7 Å². The van der Waals surface area contributed by atoms with E-state index in [2.05, 4.69) is 37.4 Å². The van der Waals surface area contributed by atoms with Gasteiger partial charge in [-0.15, -0.1) is 0 Å². The first-order chi connectivity index (χ1) is 15.8. The lowest BCUT2D eigenvalue weighted by molar-refractivity contribution is -0.122. The number of nitrogens with zero attached hydrogens (tertiary/aromatic N) is 3. The van der Waals surface area contributed by atoms with Crippen molar-refractivity contribution in [1.29, 1.82) is 0 Å². The van der Waals surface area contributed by atoms with E-state index in [-0.39, 0.29) is 12.5 Å². The van der Waals surface area contributed by atoms with E-state index < -0.39 is 17.5 Å². The van der Waals surface area contributed by atoms with Crippen LogP contribution in [-0.4, -0.2) is 56.9 Å². The number of aromatic amines is 1. The molecule has 0 aliphatic carbocycles. The Morgan fingerprint density at radius 2 is 2.06 bits per heavy atom. The molecule has 33 heavy (non-hydrogen) atoms. The van der Waals surface area contributed by atoms with Crippen LogP contribution in [0.25, 0.3) is 11.2 Å². The average Bonchev–Trinajstić information content (AvgIpc) is 3.41. The Bertz CT molecular complexity index is 1420. The Hall–Kier alpha value is -4.39. The van der Waals surface area contributed by atoms with Crippen molar-refractivity contribution in [3.05, 3.63) is 52.5 Å². The zero-order chi connectivity index (χ0) is 23.3. The highest BCUT2D eigenvalue weighted by Gasteiger charge is 2.48. The second kappa shape index (κ2) is 7.34. The third-order valence-corrected chi connectivity index (χ3v) is 5.86.